The number of thiazole rings is 1. The average molecular weight is 490 g/mol. The third-order valence-corrected chi connectivity index (χ3v) is 5.04. The second-order valence-electron chi connectivity index (χ2n) is 6.22. The van der Waals surface area contributed by atoms with Crippen molar-refractivity contribution in [3.8, 4) is 11.5 Å². The van der Waals surface area contributed by atoms with E-state index >= 15 is 0 Å². The van der Waals surface area contributed by atoms with Crippen molar-refractivity contribution in [1.82, 2.24) is 14.8 Å². The molecule has 11 nitrogen and oxygen atoms in total. The fraction of sp³-hybridized carbons (Fsp3) is 0.100. The molecule has 0 atom stereocenters. The summed E-state index contributed by atoms with van der Waals surface area (Å²) < 4.78 is 10.7. The second-order valence-corrected chi connectivity index (χ2v) is 7.92. The lowest BCUT2D eigenvalue weighted by molar-refractivity contribution is -0.486. The van der Waals surface area contributed by atoms with Crippen molar-refractivity contribution in [2.75, 3.05) is 7.05 Å². The molecule has 0 unspecified atom stereocenters. The number of nitro groups is 1. The van der Waals surface area contributed by atoms with Crippen LogP contribution in [0.15, 0.2) is 72.0 Å². The first-order valence-corrected chi connectivity index (χ1v) is 10.4. The van der Waals surface area contributed by atoms with Crippen LogP contribution >= 0.6 is 22.9 Å². The van der Waals surface area contributed by atoms with Crippen molar-refractivity contribution in [2.45, 2.75) is 6.54 Å². The molecule has 0 fully saturated rings. The molecule has 3 rings (SSSR count). The topological polar surface area (TPSA) is 127 Å². The Hall–Kier alpha value is -4.03. The predicted molar refractivity (Wildman–Crippen MR) is 120 cm³/mol. The van der Waals surface area contributed by atoms with Crippen LogP contribution in [0.3, 0.4) is 0 Å². The highest BCUT2D eigenvalue weighted by atomic mass is 35.5. The zero-order chi connectivity index (χ0) is 23.8. The first-order chi connectivity index (χ1) is 15.8. The Morgan fingerprint density at radius 2 is 1.61 bits per heavy atom. The van der Waals surface area contributed by atoms with Crippen LogP contribution in [0.1, 0.15) is 4.88 Å². The number of nitrogens with zero attached hydrogens (tertiary/aromatic N) is 5. The summed E-state index contributed by atoms with van der Waals surface area (Å²) in [4.78, 5) is 42.8. The monoisotopic (exact) mass is 489 g/mol. The van der Waals surface area contributed by atoms with Crippen molar-refractivity contribution in [1.29, 1.82) is 0 Å². The minimum Gasteiger partial charge on any atom is -0.410 e. The van der Waals surface area contributed by atoms with Crippen molar-refractivity contribution >= 4 is 41.1 Å². The van der Waals surface area contributed by atoms with E-state index in [-0.39, 0.29) is 22.5 Å². The lowest BCUT2D eigenvalue weighted by Gasteiger charge is -2.25. The lowest BCUT2D eigenvalue weighted by Crippen LogP contribution is -2.49. The van der Waals surface area contributed by atoms with Gasteiger partial charge in [0.1, 0.15) is 16.6 Å². The minimum atomic E-state index is -1.04. The van der Waals surface area contributed by atoms with Crippen LogP contribution in [-0.4, -0.2) is 45.0 Å². The zero-order valence-corrected chi connectivity index (χ0v) is 18.6. The Kier molecular flexibility index (Phi) is 7.89. The largest absolute Gasteiger partial charge is 0.422 e. The number of ether oxygens (including phenoxy) is 2. The van der Waals surface area contributed by atoms with Crippen molar-refractivity contribution < 1.29 is 24.1 Å². The quantitative estimate of drug-likeness (QED) is 0.224. The molecule has 2 aromatic carbocycles. The summed E-state index contributed by atoms with van der Waals surface area (Å²) in [5.74, 6) is -0.251. The van der Waals surface area contributed by atoms with E-state index in [0.29, 0.717) is 4.88 Å². The third kappa shape index (κ3) is 6.72. The van der Waals surface area contributed by atoms with E-state index in [0.717, 1.165) is 21.1 Å². The SMILES string of the molecule is CN(C(=O)Oc1ccccc1)/C(=N\[N+](=O)[O-])N(Cc1cnc(Cl)s1)C(=O)Oc1ccccc1. The van der Waals surface area contributed by atoms with Crippen molar-refractivity contribution in [3.05, 3.63) is 86.3 Å². The number of rotatable bonds is 5. The van der Waals surface area contributed by atoms with Gasteiger partial charge in [0.2, 0.25) is 0 Å². The summed E-state index contributed by atoms with van der Waals surface area (Å²) in [7, 11) is 1.18. The van der Waals surface area contributed by atoms with E-state index < -0.39 is 23.2 Å². The number of halogens is 1. The number of guanidine groups is 1. The standard InChI is InChI=1S/C20H16ClN5O6S/c1-24(19(27)31-14-8-4-2-5-9-14)18(23-26(29)30)25(13-16-12-22-17(21)33-16)20(28)32-15-10-6-3-7-11-15/h2-12H,13H2,1H3/b23-18+. The molecule has 0 bridgehead atoms. The number of para-hydroxylation sites is 2. The lowest BCUT2D eigenvalue weighted by atomic mass is 10.3. The average Bonchev–Trinajstić information content (AvgIpc) is 3.21. The van der Waals surface area contributed by atoms with Crippen molar-refractivity contribution in [3.63, 3.8) is 0 Å². The Labute approximate surface area is 196 Å². The number of benzene rings is 2. The van der Waals surface area contributed by atoms with Gasteiger partial charge >= 0.3 is 12.2 Å². The van der Waals surface area contributed by atoms with Crippen LogP contribution in [0.5, 0.6) is 11.5 Å². The highest BCUT2D eigenvalue weighted by molar-refractivity contribution is 7.15. The predicted octanol–water partition coefficient (Wildman–Crippen LogP) is 4.48. The van der Waals surface area contributed by atoms with Gasteiger partial charge in [-0.3, -0.25) is 0 Å². The molecule has 0 N–H and O–H groups in total. The second kappa shape index (κ2) is 11.0. The molecule has 1 aromatic heterocycles. The maximum Gasteiger partial charge on any atom is 0.422 e. The van der Waals surface area contributed by atoms with Crippen LogP contribution in [0, 0.1) is 10.1 Å². The Balaban J connectivity index is 1.93. The fourth-order valence-corrected chi connectivity index (χ4v) is 3.46. The van der Waals surface area contributed by atoms with Crippen LogP contribution < -0.4 is 9.47 Å². The molecule has 0 radical (unpaired) electrons. The number of amides is 2. The van der Waals surface area contributed by atoms with Crippen LogP contribution in [0.4, 0.5) is 9.59 Å². The van der Waals surface area contributed by atoms with Gasteiger partial charge in [0.15, 0.2) is 9.50 Å². The summed E-state index contributed by atoms with van der Waals surface area (Å²) in [5, 5.41) is 13.5. The minimum absolute atomic E-state index is 0.185. The molecule has 1 heterocycles. The van der Waals surface area contributed by atoms with Gasteiger partial charge in [-0.1, -0.05) is 48.0 Å². The van der Waals surface area contributed by atoms with E-state index in [9.17, 15) is 19.7 Å². The Morgan fingerprint density at radius 3 is 2.09 bits per heavy atom. The van der Waals surface area contributed by atoms with E-state index in [1.807, 2.05) is 0 Å². The van der Waals surface area contributed by atoms with Crippen molar-refractivity contribution in [2.24, 2.45) is 5.10 Å². The van der Waals surface area contributed by atoms with Crippen LogP contribution in [0.25, 0.3) is 0 Å². The normalized spacial score (nSPS) is 10.9. The summed E-state index contributed by atoms with van der Waals surface area (Å²) >= 11 is 6.91. The number of aromatic nitrogens is 1. The van der Waals surface area contributed by atoms with Gasteiger partial charge in [0.05, 0.1) is 6.54 Å². The van der Waals surface area contributed by atoms with Crippen LogP contribution in [0.2, 0.25) is 4.47 Å². The Bertz CT molecular complexity index is 1160. The molecule has 2 amide bonds. The number of hydrazone groups is 1. The third-order valence-electron chi connectivity index (χ3n) is 3.94. The summed E-state index contributed by atoms with van der Waals surface area (Å²) in [5.41, 5.74) is 0. The van der Waals surface area contributed by atoms with E-state index in [4.69, 9.17) is 21.1 Å². The molecule has 0 aliphatic carbocycles. The molecular weight excluding hydrogens is 474 g/mol. The molecule has 0 saturated heterocycles. The smallest absolute Gasteiger partial charge is 0.410 e. The molecular formula is C20H16ClN5O6S. The summed E-state index contributed by atoms with van der Waals surface area (Å²) in [6, 6.07) is 16.1. The number of carbonyl (C=O) groups excluding carboxylic acids is 2. The number of hydrogen-bond donors (Lipinski definition) is 0. The van der Waals surface area contributed by atoms with Gasteiger partial charge < -0.3 is 9.47 Å². The fourth-order valence-electron chi connectivity index (χ4n) is 2.49. The van der Waals surface area contributed by atoms with Gasteiger partial charge in [-0.25, -0.2) is 34.5 Å². The molecule has 0 spiro atoms. The molecule has 170 valence electrons. The maximum atomic E-state index is 13.0. The Morgan fingerprint density at radius 1 is 1.06 bits per heavy atom. The maximum absolute atomic E-state index is 13.0. The van der Waals surface area contributed by atoms with Gasteiger partial charge in [0.25, 0.3) is 5.96 Å². The molecule has 0 saturated carbocycles. The molecule has 0 aliphatic rings. The van der Waals surface area contributed by atoms with Gasteiger partial charge in [0, 0.05) is 18.1 Å². The van der Waals surface area contributed by atoms with E-state index in [1.54, 1.807) is 36.4 Å². The van der Waals surface area contributed by atoms with Gasteiger partial charge in [-0.15, -0.1) is 11.3 Å². The summed E-state index contributed by atoms with van der Waals surface area (Å²) in [6.07, 6.45) is -0.644. The molecule has 33 heavy (non-hydrogen) atoms. The van der Waals surface area contributed by atoms with E-state index in [2.05, 4.69) is 10.1 Å². The van der Waals surface area contributed by atoms with Gasteiger partial charge in [-0.2, -0.15) is 0 Å². The highest BCUT2D eigenvalue weighted by Crippen LogP contribution is 2.21. The number of carbonyl (C=O) groups is 2. The first-order valence-electron chi connectivity index (χ1n) is 9.21. The van der Waals surface area contributed by atoms with Crippen LogP contribution in [-0.2, 0) is 6.54 Å². The van der Waals surface area contributed by atoms with Gasteiger partial charge in [-0.05, 0) is 24.3 Å². The first kappa shape index (κ1) is 23.6. The number of hydrogen-bond acceptors (Lipinski definition) is 8. The highest BCUT2D eigenvalue weighted by Gasteiger charge is 2.32. The molecule has 0 aliphatic heterocycles. The molecule has 3 aromatic rings. The zero-order valence-electron chi connectivity index (χ0n) is 17.0. The summed E-state index contributed by atoms with van der Waals surface area (Å²) in [6.45, 7) is -0.258. The molecule has 13 heteroatoms. The van der Waals surface area contributed by atoms with E-state index in [1.165, 1.54) is 37.5 Å².